The Hall–Kier alpha value is -4.04. The van der Waals surface area contributed by atoms with Gasteiger partial charge in [-0.3, -0.25) is 0 Å². The Morgan fingerprint density at radius 1 is 0.379 bits per heavy atom. The van der Waals surface area contributed by atoms with Crippen LogP contribution in [0.2, 0.25) is 0 Å². The van der Waals surface area contributed by atoms with Crippen molar-refractivity contribution in [3.63, 3.8) is 0 Å². The summed E-state index contributed by atoms with van der Waals surface area (Å²) in [5, 5.41) is 8.03. The zero-order valence-electron chi connectivity index (χ0n) is 39.4. The molecule has 2 atom stereocenters. The van der Waals surface area contributed by atoms with Gasteiger partial charge in [-0.25, -0.2) is 0 Å². The summed E-state index contributed by atoms with van der Waals surface area (Å²) >= 11 is 8.92. The van der Waals surface area contributed by atoms with Crippen LogP contribution < -0.4 is 41.3 Å². The molecule has 66 heavy (non-hydrogen) atoms. The van der Waals surface area contributed by atoms with Crippen molar-refractivity contribution in [3.05, 3.63) is 202 Å². The molecule has 0 aliphatic heterocycles. The van der Waals surface area contributed by atoms with E-state index in [0.717, 1.165) is 69.6 Å². The minimum atomic E-state index is -2.38. The minimum absolute atomic E-state index is 0.438. The molecule has 0 fully saturated rings. The lowest BCUT2D eigenvalue weighted by molar-refractivity contribution is 0.223. The lowest BCUT2D eigenvalue weighted by atomic mass is 10.0. The molecule has 2 unspecified atom stereocenters. The molecule has 342 valence electrons. The summed E-state index contributed by atoms with van der Waals surface area (Å²) in [6, 6.07) is 67.5. The van der Waals surface area contributed by atoms with Crippen LogP contribution in [0.15, 0.2) is 191 Å². The van der Waals surface area contributed by atoms with Gasteiger partial charge in [0.05, 0.1) is 33.3 Å². The lowest BCUT2D eigenvalue weighted by Gasteiger charge is -2.32. The maximum absolute atomic E-state index is 7.48. The summed E-state index contributed by atoms with van der Waals surface area (Å²) < 4.78 is 17.0. The highest BCUT2D eigenvalue weighted by atomic mass is 79.9. The molecule has 0 saturated carbocycles. The second kappa shape index (κ2) is 24.8. The molecular weight excluding hydrogens is 974 g/mol. The Labute approximate surface area is 414 Å². The van der Waals surface area contributed by atoms with E-state index in [4.69, 9.17) is 9.47 Å². The van der Waals surface area contributed by atoms with Gasteiger partial charge < -0.3 is 9.47 Å². The number of unbranched alkanes of at least 4 members (excludes halogenated alkanes) is 2. The summed E-state index contributed by atoms with van der Waals surface area (Å²) in [5.41, 5.74) is 2.31. The number of rotatable bonds is 24. The molecule has 7 aromatic rings. The van der Waals surface area contributed by atoms with Gasteiger partial charge in [-0.2, -0.15) is 0 Å². The zero-order valence-corrected chi connectivity index (χ0v) is 44.4. The number of halogens is 2. The Balaban J connectivity index is 1.56. The standard InChI is InChI=1S/C60H68Br2O2P2/c1-5-9-29-47(7-3)43-63-59-55(45-65(49-31-17-11-18-32-49,50-33-19-12-20-34-50)51-35-21-13-22-36-51)58(62)60(64-44-48(8-4)30-10-6-2)56(57(59)61)46-66(52-37-23-14-24-38-52,53-39-25-15-26-40-53)54-41-27-16-28-42-54/h11-28,31-42,47-48H,5-10,29-30,43-46H2,1-4H3/q+2. The van der Waals surface area contributed by atoms with Crippen molar-refractivity contribution < 1.29 is 9.47 Å². The van der Waals surface area contributed by atoms with E-state index in [9.17, 15) is 0 Å². The largest absolute Gasteiger partial charge is 0.492 e. The SMILES string of the molecule is CCCCC(CC)COc1c(Br)c(C[P+](c2ccccc2)(c2ccccc2)c2ccccc2)c(OCC(CC)CCCC)c(Br)c1C[P+](c1ccccc1)(c1ccccc1)c1ccccc1. The van der Waals surface area contributed by atoms with Crippen molar-refractivity contribution in [2.45, 2.75) is 91.4 Å². The molecule has 0 aliphatic rings. The van der Waals surface area contributed by atoms with Crippen molar-refractivity contribution in [2.24, 2.45) is 11.8 Å². The van der Waals surface area contributed by atoms with E-state index in [2.05, 4.69) is 242 Å². The van der Waals surface area contributed by atoms with Crippen LogP contribution >= 0.6 is 46.4 Å². The topological polar surface area (TPSA) is 18.5 Å². The maximum Gasteiger partial charge on any atom is 0.142 e. The van der Waals surface area contributed by atoms with Gasteiger partial charge in [0, 0.05) is 0 Å². The van der Waals surface area contributed by atoms with Crippen molar-refractivity contribution >= 4 is 78.2 Å². The highest BCUT2D eigenvalue weighted by Crippen LogP contribution is 2.64. The summed E-state index contributed by atoms with van der Waals surface area (Å²) in [6.07, 6.45) is 10.6. The van der Waals surface area contributed by atoms with Gasteiger partial charge in [-0.05, 0) is 129 Å². The Kier molecular flexibility index (Phi) is 18.8. The van der Waals surface area contributed by atoms with E-state index in [1.54, 1.807) is 0 Å². The van der Waals surface area contributed by atoms with E-state index in [1.807, 2.05) is 0 Å². The van der Waals surface area contributed by atoms with Gasteiger partial charge in [-0.1, -0.05) is 175 Å². The molecule has 2 nitrogen and oxygen atoms in total. The van der Waals surface area contributed by atoms with Crippen molar-refractivity contribution in [1.82, 2.24) is 0 Å². The first-order valence-corrected chi connectivity index (χ1v) is 29.8. The quantitative estimate of drug-likeness (QED) is 0.0562. The first-order chi connectivity index (χ1) is 32.4. The third-order valence-corrected chi connectivity index (χ3v) is 23.8. The van der Waals surface area contributed by atoms with E-state index < -0.39 is 14.5 Å². The molecule has 0 amide bonds. The van der Waals surface area contributed by atoms with Crippen LogP contribution in [0, 0.1) is 11.8 Å². The average molecular weight is 1040 g/mol. The van der Waals surface area contributed by atoms with Crippen molar-refractivity contribution in [1.29, 1.82) is 0 Å². The molecule has 7 rings (SSSR count). The number of hydrogen-bond acceptors (Lipinski definition) is 2. The summed E-state index contributed by atoms with van der Waals surface area (Å²) in [5.74, 6) is 2.73. The molecule has 6 heteroatoms. The Morgan fingerprint density at radius 2 is 0.621 bits per heavy atom. The van der Waals surface area contributed by atoms with Gasteiger partial charge in [0.1, 0.15) is 70.2 Å². The van der Waals surface area contributed by atoms with Gasteiger partial charge in [0.2, 0.25) is 0 Å². The maximum atomic E-state index is 7.48. The van der Waals surface area contributed by atoms with Crippen molar-refractivity contribution in [2.75, 3.05) is 13.2 Å². The summed E-state index contributed by atoms with van der Waals surface area (Å²) in [4.78, 5) is 0. The average Bonchev–Trinajstić information content (AvgIpc) is 3.38. The molecule has 0 heterocycles. The molecular formula is C60H68Br2O2P2+2. The van der Waals surface area contributed by atoms with Crippen LogP contribution in [0.5, 0.6) is 11.5 Å². The van der Waals surface area contributed by atoms with Crippen LogP contribution in [0.3, 0.4) is 0 Å². The summed E-state index contributed by atoms with van der Waals surface area (Å²) in [6.45, 7) is 10.5. The third-order valence-electron chi connectivity index (χ3n) is 13.5. The fourth-order valence-electron chi connectivity index (χ4n) is 9.53. The smallest absolute Gasteiger partial charge is 0.142 e. The van der Waals surface area contributed by atoms with Gasteiger partial charge in [0.15, 0.2) is 0 Å². The highest BCUT2D eigenvalue weighted by Gasteiger charge is 2.50. The van der Waals surface area contributed by atoms with Gasteiger partial charge in [0.25, 0.3) is 0 Å². The fraction of sp³-hybridized carbons (Fsp3) is 0.300. The molecule has 7 aromatic carbocycles. The normalized spacial score (nSPS) is 12.7. The second-order valence-electron chi connectivity index (χ2n) is 17.6. The van der Waals surface area contributed by atoms with Crippen molar-refractivity contribution in [3.8, 4) is 11.5 Å². The molecule has 0 aliphatic carbocycles. The first-order valence-electron chi connectivity index (χ1n) is 24.3. The second-order valence-corrected chi connectivity index (χ2v) is 26.2. The minimum Gasteiger partial charge on any atom is -0.492 e. The molecule has 0 aromatic heterocycles. The third kappa shape index (κ3) is 11.3. The van der Waals surface area contributed by atoms with Crippen LogP contribution in [0.4, 0.5) is 0 Å². The molecule has 0 radical (unpaired) electrons. The Morgan fingerprint density at radius 3 is 0.833 bits per heavy atom. The van der Waals surface area contributed by atoms with Crippen LogP contribution in [0.1, 0.15) is 90.2 Å². The van der Waals surface area contributed by atoms with Crippen LogP contribution in [0.25, 0.3) is 0 Å². The van der Waals surface area contributed by atoms with Crippen LogP contribution in [-0.4, -0.2) is 13.2 Å². The Bertz CT molecular complexity index is 2130. The summed E-state index contributed by atoms with van der Waals surface area (Å²) in [7, 11) is -4.76. The van der Waals surface area contributed by atoms with Gasteiger partial charge in [-0.15, -0.1) is 0 Å². The van der Waals surface area contributed by atoms with E-state index >= 15 is 0 Å². The van der Waals surface area contributed by atoms with E-state index in [0.29, 0.717) is 25.0 Å². The number of hydrogen-bond donors (Lipinski definition) is 0. The highest BCUT2D eigenvalue weighted by molar-refractivity contribution is 9.11. The lowest BCUT2D eigenvalue weighted by Crippen LogP contribution is -2.33. The predicted molar refractivity (Wildman–Crippen MR) is 297 cm³/mol. The zero-order chi connectivity index (χ0) is 46.2. The predicted octanol–water partition coefficient (Wildman–Crippen LogP) is 15.4. The van der Waals surface area contributed by atoms with E-state index in [1.165, 1.54) is 57.5 Å². The molecule has 0 saturated heterocycles. The monoisotopic (exact) mass is 1040 g/mol. The number of ether oxygens (including phenoxy) is 2. The number of benzene rings is 7. The molecule has 0 N–H and O–H groups in total. The van der Waals surface area contributed by atoms with E-state index in [-0.39, 0.29) is 0 Å². The molecule has 0 bridgehead atoms. The fourth-order valence-corrected chi connectivity index (χ4v) is 19.8. The van der Waals surface area contributed by atoms with Gasteiger partial charge >= 0.3 is 0 Å². The van der Waals surface area contributed by atoms with Crippen LogP contribution in [-0.2, 0) is 12.3 Å². The first kappa shape index (κ1) is 49.9. The molecule has 0 spiro atoms.